The minimum Gasteiger partial charge on any atom is -0.595 e. The smallest absolute Gasteiger partial charge is 0.398 e. The van der Waals surface area contributed by atoms with E-state index < -0.39 is 12.8 Å². The van der Waals surface area contributed by atoms with Crippen LogP contribution in [-0.4, -0.2) is 23.0 Å². The second-order valence-corrected chi connectivity index (χ2v) is 7.14. The van der Waals surface area contributed by atoms with Gasteiger partial charge in [-0.15, -0.1) is 5.10 Å². The van der Waals surface area contributed by atoms with Crippen molar-refractivity contribution in [2.24, 2.45) is 10.8 Å². The average Bonchev–Trinajstić information content (AvgIpc) is 2.43. The van der Waals surface area contributed by atoms with Crippen molar-refractivity contribution in [3.05, 3.63) is 29.5 Å². The van der Waals surface area contributed by atoms with Gasteiger partial charge in [-0.05, 0) is 39.8 Å². The van der Waals surface area contributed by atoms with Crippen LogP contribution in [0.15, 0.2) is 29.4 Å². The zero-order chi connectivity index (χ0) is 17.6. The third-order valence-electron chi connectivity index (χ3n) is 2.41. The number of benzene rings is 1. The van der Waals surface area contributed by atoms with Crippen molar-refractivity contribution in [3.63, 3.8) is 0 Å². The Morgan fingerprint density at radius 1 is 1.26 bits per heavy atom. The highest BCUT2D eigenvalue weighted by atomic mass is 31.2. The van der Waals surface area contributed by atoms with Crippen molar-refractivity contribution in [3.8, 4) is 0 Å². The molecule has 1 unspecified atom stereocenters. The van der Waals surface area contributed by atoms with E-state index in [2.05, 4.69) is 10.5 Å². The van der Waals surface area contributed by atoms with E-state index in [1.807, 2.05) is 0 Å². The fourth-order valence-electron chi connectivity index (χ4n) is 1.56. The van der Waals surface area contributed by atoms with E-state index in [1.54, 1.807) is 27.7 Å². The lowest BCUT2D eigenvalue weighted by Gasteiger charge is -2.21. The van der Waals surface area contributed by atoms with Gasteiger partial charge in [0.2, 0.25) is 5.58 Å². The highest BCUT2D eigenvalue weighted by Gasteiger charge is 2.33. The Morgan fingerprint density at radius 3 is 2.13 bits per heavy atom. The number of quaternary nitrogens is 1. The molecule has 0 radical (unpaired) electrons. The highest BCUT2D eigenvalue weighted by Crippen LogP contribution is 2.50. The molecule has 0 bridgehead atoms. The molecule has 1 rings (SSSR count). The average molecular weight is 346 g/mol. The third kappa shape index (κ3) is 6.26. The molecule has 0 aliphatic heterocycles. The Morgan fingerprint density at radius 2 is 1.74 bits per heavy atom. The summed E-state index contributed by atoms with van der Waals surface area (Å²) < 4.78 is 23.3. The molecule has 0 aliphatic carbocycles. The fourth-order valence-corrected chi connectivity index (χ4v) is 3.11. The van der Waals surface area contributed by atoms with E-state index in [1.165, 1.54) is 24.3 Å². The van der Waals surface area contributed by atoms with Crippen LogP contribution in [-0.2, 0) is 13.6 Å². The van der Waals surface area contributed by atoms with E-state index >= 15 is 0 Å². The molecular formula is C13H23N4O5P. The maximum Gasteiger partial charge on any atom is 0.398 e. The van der Waals surface area contributed by atoms with E-state index in [9.17, 15) is 9.77 Å². The fraction of sp³-hybridized carbons (Fsp3) is 0.462. The zero-order valence-electron chi connectivity index (χ0n) is 13.5. The lowest BCUT2D eigenvalue weighted by molar-refractivity contribution is -0.991. The van der Waals surface area contributed by atoms with Crippen molar-refractivity contribution < 1.29 is 24.0 Å². The minimum absolute atomic E-state index is 0.143. The lowest BCUT2D eigenvalue weighted by Crippen LogP contribution is -2.99. The SMILES string of the molecule is CC(C)OP(=O)(OC(C)C)/C(N)=N\Nc1ccc([NH+]([O-])O)cc1. The summed E-state index contributed by atoms with van der Waals surface area (Å²) in [7, 11) is -3.71. The summed E-state index contributed by atoms with van der Waals surface area (Å²) in [5.74, 6) is 0. The van der Waals surface area contributed by atoms with Crippen molar-refractivity contribution in [2.75, 3.05) is 5.43 Å². The summed E-state index contributed by atoms with van der Waals surface area (Å²) in [5.41, 5.74) is 8.68. The van der Waals surface area contributed by atoms with Gasteiger partial charge in [0, 0.05) is 12.1 Å². The van der Waals surface area contributed by atoms with Crippen molar-refractivity contribution >= 4 is 24.5 Å². The molecule has 1 atom stereocenters. The molecule has 0 heterocycles. The number of anilines is 1. The predicted octanol–water partition coefficient (Wildman–Crippen LogP) is 1.77. The van der Waals surface area contributed by atoms with Crippen LogP contribution in [0.25, 0.3) is 0 Å². The molecule has 0 saturated carbocycles. The Labute approximate surface area is 135 Å². The number of nitrogens with one attached hydrogen (secondary N) is 2. The molecule has 0 aromatic heterocycles. The second-order valence-electron chi connectivity index (χ2n) is 5.27. The van der Waals surface area contributed by atoms with E-state index in [0.717, 1.165) is 0 Å². The summed E-state index contributed by atoms with van der Waals surface area (Å²) in [4.78, 5) is 0. The maximum atomic E-state index is 12.7. The first-order chi connectivity index (χ1) is 10.6. The number of rotatable bonds is 8. The quantitative estimate of drug-likeness (QED) is 0.244. The summed E-state index contributed by atoms with van der Waals surface area (Å²) in [5, 5.41) is 22.4. The highest BCUT2D eigenvalue weighted by molar-refractivity contribution is 7.72. The standard InChI is InChI=1S/C13H23N4O5P/c1-9(2)21-23(20,22-10(3)4)13(14)16-15-11-5-7-12(8-6-11)17(18)19/h5-10,15,17-18H,1-4H3,(H2,14,16). The van der Waals surface area contributed by atoms with Gasteiger partial charge in [0.25, 0.3) is 0 Å². The summed E-state index contributed by atoms with van der Waals surface area (Å²) in [6, 6.07) is 5.84. The van der Waals surface area contributed by atoms with Crippen molar-refractivity contribution in [1.82, 2.24) is 0 Å². The van der Waals surface area contributed by atoms with Crippen LogP contribution in [0.2, 0.25) is 0 Å². The van der Waals surface area contributed by atoms with Gasteiger partial charge < -0.3 is 20.0 Å². The Kier molecular flexibility index (Phi) is 7.14. The summed E-state index contributed by atoms with van der Waals surface area (Å²) >= 11 is 0. The molecule has 130 valence electrons. The number of nitrogens with two attached hydrogens (primary N) is 1. The van der Waals surface area contributed by atoms with E-state index in [4.69, 9.17) is 20.0 Å². The van der Waals surface area contributed by atoms with Crippen LogP contribution in [0.4, 0.5) is 11.4 Å². The molecule has 0 saturated heterocycles. The molecule has 23 heavy (non-hydrogen) atoms. The molecule has 1 aromatic carbocycles. The molecule has 9 nitrogen and oxygen atoms in total. The molecular weight excluding hydrogens is 323 g/mol. The van der Waals surface area contributed by atoms with Crippen LogP contribution >= 0.6 is 7.60 Å². The van der Waals surface area contributed by atoms with Crippen molar-refractivity contribution in [1.29, 1.82) is 0 Å². The van der Waals surface area contributed by atoms with Gasteiger partial charge in [-0.3, -0.25) is 9.99 Å². The topological polar surface area (TPSA) is 134 Å². The third-order valence-corrected chi connectivity index (χ3v) is 4.47. The van der Waals surface area contributed by atoms with E-state index in [-0.39, 0.29) is 23.5 Å². The Hall–Kier alpha value is -1.48. The number of hydrazone groups is 1. The lowest BCUT2D eigenvalue weighted by atomic mass is 10.3. The monoisotopic (exact) mass is 346 g/mol. The van der Waals surface area contributed by atoms with E-state index in [0.29, 0.717) is 5.69 Å². The van der Waals surface area contributed by atoms with Gasteiger partial charge in [-0.1, -0.05) is 0 Å². The van der Waals surface area contributed by atoms with Crippen LogP contribution in [0.1, 0.15) is 27.7 Å². The first-order valence-corrected chi connectivity index (χ1v) is 8.58. The maximum absolute atomic E-state index is 12.7. The molecule has 1 aromatic rings. The summed E-state index contributed by atoms with van der Waals surface area (Å²) in [6.07, 6.45) is -0.716. The molecule has 0 amide bonds. The summed E-state index contributed by atoms with van der Waals surface area (Å²) in [6.45, 7) is 6.84. The molecule has 0 spiro atoms. The normalized spacial score (nSPS) is 14.3. The molecule has 5 N–H and O–H groups in total. The number of nitrogens with zero attached hydrogens (tertiary/aromatic N) is 1. The molecule has 10 heteroatoms. The number of amidine groups is 1. The van der Waals surface area contributed by atoms with Crippen LogP contribution in [0.5, 0.6) is 0 Å². The van der Waals surface area contributed by atoms with Crippen LogP contribution in [0, 0.1) is 5.21 Å². The van der Waals surface area contributed by atoms with Crippen LogP contribution < -0.4 is 16.4 Å². The Bertz CT molecular complexity index is 560. The molecule has 0 aliphatic rings. The van der Waals surface area contributed by atoms with Gasteiger partial charge in [0.15, 0.2) is 5.69 Å². The van der Waals surface area contributed by atoms with Crippen molar-refractivity contribution in [2.45, 2.75) is 39.9 Å². The zero-order valence-corrected chi connectivity index (χ0v) is 14.4. The molecule has 0 fully saturated rings. The largest absolute Gasteiger partial charge is 0.595 e. The first-order valence-electron chi connectivity index (χ1n) is 7.04. The van der Waals surface area contributed by atoms with Gasteiger partial charge in [-0.25, -0.2) is 5.21 Å². The Balaban J connectivity index is 2.88. The van der Waals surface area contributed by atoms with Gasteiger partial charge >= 0.3 is 7.60 Å². The van der Waals surface area contributed by atoms with Gasteiger partial charge in [0.05, 0.1) is 17.9 Å². The number of hydrogen-bond acceptors (Lipinski definition) is 7. The second kappa shape index (κ2) is 8.39. The van der Waals surface area contributed by atoms with Gasteiger partial charge in [-0.2, -0.15) is 5.23 Å². The minimum atomic E-state index is -3.71. The van der Waals surface area contributed by atoms with Gasteiger partial charge in [0.1, 0.15) is 0 Å². The number of hydrogen-bond donors (Lipinski definition) is 4. The first kappa shape index (κ1) is 19.6. The van der Waals surface area contributed by atoms with Crippen LogP contribution in [0.3, 0.4) is 0 Å². The predicted molar refractivity (Wildman–Crippen MR) is 87.5 cm³/mol.